The van der Waals surface area contributed by atoms with Crippen LogP contribution >= 0.6 is 11.6 Å². The summed E-state index contributed by atoms with van der Waals surface area (Å²) in [4.78, 5) is 0. The lowest BCUT2D eigenvalue weighted by atomic mass is 10.1. The summed E-state index contributed by atoms with van der Waals surface area (Å²) in [6.07, 6.45) is 0. The van der Waals surface area contributed by atoms with Gasteiger partial charge in [-0.25, -0.2) is 12.8 Å². The van der Waals surface area contributed by atoms with E-state index in [1.165, 1.54) is 24.3 Å². The van der Waals surface area contributed by atoms with Crippen LogP contribution in [0.5, 0.6) is 0 Å². The van der Waals surface area contributed by atoms with Crippen LogP contribution in [0.2, 0.25) is 5.02 Å². The maximum Gasteiger partial charge on any atom is 0.237 e. The van der Waals surface area contributed by atoms with Gasteiger partial charge in [-0.05, 0) is 29.8 Å². The number of rotatable bonds is 4. The van der Waals surface area contributed by atoms with Gasteiger partial charge in [0.2, 0.25) is 10.0 Å². The molecule has 0 saturated carbocycles. The Balaban J connectivity index is 2.25. The molecule has 4 nitrogen and oxygen atoms in total. The zero-order chi connectivity index (χ0) is 15.5. The Morgan fingerprint density at radius 1 is 1.24 bits per heavy atom. The van der Waals surface area contributed by atoms with Crippen molar-refractivity contribution in [1.82, 2.24) is 0 Å². The molecule has 7 heteroatoms. The molecule has 2 aromatic carbocycles. The van der Waals surface area contributed by atoms with Gasteiger partial charge in [0.05, 0.1) is 23.1 Å². The smallest absolute Gasteiger partial charge is 0.237 e. The fourth-order valence-corrected chi connectivity index (χ4v) is 3.13. The molecular weight excluding hydrogens is 315 g/mol. The van der Waals surface area contributed by atoms with Gasteiger partial charge in [0, 0.05) is 5.02 Å². The van der Waals surface area contributed by atoms with Crippen LogP contribution in [0, 0.1) is 17.1 Å². The Labute approximate surface area is 126 Å². The summed E-state index contributed by atoms with van der Waals surface area (Å²) in [5, 5.41) is 9.11. The van der Waals surface area contributed by atoms with Crippen LogP contribution in [0.15, 0.2) is 42.5 Å². The van der Waals surface area contributed by atoms with E-state index in [-0.39, 0.29) is 16.3 Å². The second-order valence-corrected chi connectivity index (χ2v) is 6.41. The summed E-state index contributed by atoms with van der Waals surface area (Å²) in [6.45, 7) is 0. The normalized spacial score (nSPS) is 10.9. The second kappa shape index (κ2) is 6.12. The molecule has 0 radical (unpaired) electrons. The zero-order valence-electron chi connectivity index (χ0n) is 10.7. The third-order valence-electron chi connectivity index (χ3n) is 2.68. The molecule has 0 unspecified atom stereocenters. The molecule has 0 aliphatic carbocycles. The van der Waals surface area contributed by atoms with Crippen LogP contribution < -0.4 is 4.72 Å². The highest BCUT2D eigenvalue weighted by molar-refractivity contribution is 7.91. The highest BCUT2D eigenvalue weighted by Crippen LogP contribution is 2.21. The summed E-state index contributed by atoms with van der Waals surface area (Å²) >= 11 is 5.60. The number of nitriles is 1. The van der Waals surface area contributed by atoms with Crippen LogP contribution in [0.25, 0.3) is 0 Å². The number of anilines is 1. The third-order valence-corrected chi connectivity index (χ3v) is 4.14. The van der Waals surface area contributed by atoms with Crippen LogP contribution in [0.1, 0.15) is 11.1 Å². The topological polar surface area (TPSA) is 70.0 Å². The van der Waals surface area contributed by atoms with E-state index < -0.39 is 21.6 Å². The van der Waals surface area contributed by atoms with Gasteiger partial charge in [0.15, 0.2) is 0 Å². The SMILES string of the molecule is N#Cc1ccccc1CS(=O)(=O)Nc1ccc(Cl)cc1F. The predicted molar refractivity (Wildman–Crippen MR) is 78.8 cm³/mol. The molecule has 0 aliphatic rings. The average molecular weight is 325 g/mol. The van der Waals surface area contributed by atoms with Gasteiger partial charge < -0.3 is 0 Å². The van der Waals surface area contributed by atoms with E-state index in [9.17, 15) is 12.8 Å². The van der Waals surface area contributed by atoms with Crippen molar-refractivity contribution in [3.05, 3.63) is 64.4 Å². The molecule has 0 fully saturated rings. The molecule has 0 aromatic heterocycles. The average Bonchev–Trinajstić information content (AvgIpc) is 2.42. The number of benzene rings is 2. The molecule has 1 N–H and O–H groups in total. The summed E-state index contributed by atoms with van der Waals surface area (Å²) < 4.78 is 39.9. The van der Waals surface area contributed by atoms with Crippen molar-refractivity contribution in [1.29, 1.82) is 5.26 Å². The van der Waals surface area contributed by atoms with E-state index in [4.69, 9.17) is 16.9 Å². The molecule has 0 spiro atoms. The molecule has 21 heavy (non-hydrogen) atoms. The molecule has 0 saturated heterocycles. The van der Waals surface area contributed by atoms with Crippen molar-refractivity contribution < 1.29 is 12.8 Å². The largest absolute Gasteiger partial charge is 0.280 e. The molecule has 108 valence electrons. The first-order valence-electron chi connectivity index (χ1n) is 5.85. The number of hydrogen-bond acceptors (Lipinski definition) is 3. The first kappa shape index (κ1) is 15.3. The standard InChI is InChI=1S/C14H10ClFN2O2S/c15-12-5-6-14(13(16)7-12)18-21(19,20)9-11-4-2-1-3-10(11)8-17/h1-7,18H,9H2. The number of halogens is 2. The van der Waals surface area contributed by atoms with E-state index in [0.29, 0.717) is 5.56 Å². The van der Waals surface area contributed by atoms with Crippen molar-refractivity contribution in [3.63, 3.8) is 0 Å². The van der Waals surface area contributed by atoms with E-state index in [2.05, 4.69) is 4.72 Å². The lowest BCUT2D eigenvalue weighted by Crippen LogP contribution is -2.16. The van der Waals surface area contributed by atoms with E-state index in [1.807, 2.05) is 6.07 Å². The Morgan fingerprint density at radius 2 is 1.95 bits per heavy atom. The Hall–Kier alpha value is -2.10. The summed E-state index contributed by atoms with van der Waals surface area (Å²) in [5.41, 5.74) is 0.426. The number of hydrogen-bond donors (Lipinski definition) is 1. The minimum Gasteiger partial charge on any atom is -0.280 e. The third kappa shape index (κ3) is 3.94. The van der Waals surface area contributed by atoms with Gasteiger partial charge in [-0.15, -0.1) is 0 Å². The lowest BCUT2D eigenvalue weighted by Gasteiger charge is -2.10. The summed E-state index contributed by atoms with van der Waals surface area (Å²) in [5.74, 6) is -1.18. The first-order chi connectivity index (χ1) is 9.91. The van der Waals surface area contributed by atoms with Crippen molar-refractivity contribution in [2.24, 2.45) is 0 Å². The van der Waals surface area contributed by atoms with Gasteiger partial charge in [0.25, 0.3) is 0 Å². The van der Waals surface area contributed by atoms with Gasteiger partial charge in [-0.3, -0.25) is 4.72 Å². The quantitative estimate of drug-likeness (QED) is 0.938. The van der Waals surface area contributed by atoms with Gasteiger partial charge in [-0.2, -0.15) is 5.26 Å². The monoisotopic (exact) mass is 324 g/mol. The lowest BCUT2D eigenvalue weighted by molar-refractivity contribution is 0.598. The highest BCUT2D eigenvalue weighted by Gasteiger charge is 2.16. The van der Waals surface area contributed by atoms with E-state index in [0.717, 1.165) is 6.07 Å². The molecule has 0 bridgehead atoms. The number of nitrogens with zero attached hydrogens (tertiary/aromatic N) is 1. The summed E-state index contributed by atoms with van der Waals surface area (Å²) in [7, 11) is -3.84. The van der Waals surface area contributed by atoms with Crippen molar-refractivity contribution in [2.45, 2.75) is 5.75 Å². The van der Waals surface area contributed by atoms with Crippen molar-refractivity contribution in [2.75, 3.05) is 4.72 Å². The van der Waals surface area contributed by atoms with E-state index >= 15 is 0 Å². The van der Waals surface area contributed by atoms with Crippen LogP contribution in [-0.2, 0) is 15.8 Å². The first-order valence-corrected chi connectivity index (χ1v) is 7.88. The molecule has 0 atom stereocenters. The Bertz CT molecular complexity index is 816. The highest BCUT2D eigenvalue weighted by atomic mass is 35.5. The van der Waals surface area contributed by atoms with Crippen LogP contribution in [0.3, 0.4) is 0 Å². The second-order valence-electron chi connectivity index (χ2n) is 4.25. The summed E-state index contributed by atoms with van der Waals surface area (Å²) in [6, 6.07) is 11.9. The maximum atomic E-state index is 13.6. The predicted octanol–water partition coefficient (Wildman–Crippen LogP) is 3.29. The Morgan fingerprint density at radius 3 is 2.62 bits per heavy atom. The van der Waals surface area contributed by atoms with Gasteiger partial charge in [-0.1, -0.05) is 29.8 Å². The Kier molecular flexibility index (Phi) is 4.46. The molecule has 0 heterocycles. The molecular formula is C14H10ClFN2O2S. The fraction of sp³-hybridized carbons (Fsp3) is 0.0714. The molecule has 2 aromatic rings. The van der Waals surface area contributed by atoms with Crippen molar-refractivity contribution in [3.8, 4) is 6.07 Å². The van der Waals surface area contributed by atoms with E-state index in [1.54, 1.807) is 12.1 Å². The minimum atomic E-state index is -3.84. The van der Waals surface area contributed by atoms with Crippen LogP contribution in [-0.4, -0.2) is 8.42 Å². The molecule has 2 rings (SSSR count). The van der Waals surface area contributed by atoms with Crippen molar-refractivity contribution >= 4 is 27.3 Å². The molecule has 0 amide bonds. The number of nitrogens with one attached hydrogen (secondary N) is 1. The molecule has 0 aliphatic heterocycles. The maximum absolute atomic E-state index is 13.6. The zero-order valence-corrected chi connectivity index (χ0v) is 12.2. The number of sulfonamides is 1. The fourth-order valence-electron chi connectivity index (χ4n) is 1.74. The van der Waals surface area contributed by atoms with Gasteiger partial charge >= 0.3 is 0 Å². The minimum absolute atomic E-state index is 0.172. The van der Waals surface area contributed by atoms with Crippen LogP contribution in [0.4, 0.5) is 10.1 Å². The van der Waals surface area contributed by atoms with Gasteiger partial charge in [0.1, 0.15) is 5.82 Å².